The molecule has 146 valence electrons. The maximum Gasteiger partial charge on any atom is 0.266 e. The van der Waals surface area contributed by atoms with Crippen molar-refractivity contribution in [1.29, 1.82) is 5.26 Å². The van der Waals surface area contributed by atoms with Crippen molar-refractivity contribution in [3.8, 4) is 11.8 Å². The number of anilines is 1. The molecule has 4 aromatic rings. The van der Waals surface area contributed by atoms with Crippen molar-refractivity contribution in [2.24, 2.45) is 0 Å². The molecule has 0 bridgehead atoms. The van der Waals surface area contributed by atoms with Gasteiger partial charge in [0, 0.05) is 22.8 Å². The summed E-state index contributed by atoms with van der Waals surface area (Å²) in [5, 5.41) is 14.7. The first-order valence-corrected chi connectivity index (χ1v) is 9.73. The molecule has 0 aliphatic carbocycles. The number of fused-ring (bicyclic) bond motifs is 1. The Morgan fingerprint density at radius 1 is 0.933 bits per heavy atom. The Labute approximate surface area is 175 Å². The Hall–Kier alpha value is -4.10. The van der Waals surface area contributed by atoms with Gasteiger partial charge in [0.15, 0.2) is 0 Å². The summed E-state index contributed by atoms with van der Waals surface area (Å²) >= 11 is 0. The van der Waals surface area contributed by atoms with E-state index in [4.69, 9.17) is 0 Å². The van der Waals surface area contributed by atoms with Gasteiger partial charge in [0.2, 0.25) is 0 Å². The minimum Gasteiger partial charge on any atom is -0.321 e. The molecule has 0 spiro atoms. The minimum absolute atomic E-state index is 0.0672. The molecule has 1 aromatic heterocycles. The Balaban J connectivity index is 1.69. The summed E-state index contributed by atoms with van der Waals surface area (Å²) in [7, 11) is 0. The summed E-state index contributed by atoms with van der Waals surface area (Å²) < 4.78 is 2.14. The number of aromatic nitrogens is 1. The largest absolute Gasteiger partial charge is 0.321 e. The van der Waals surface area contributed by atoms with Gasteiger partial charge in [-0.25, -0.2) is 0 Å². The molecular formula is C26H21N3O. The standard InChI is InChI=1S/C26H21N3O/c1-18-14-22(15-23(17-27)26(30)28-24-10-4-3-5-11-24)19(2)29(18)25-13-12-20-8-6-7-9-21(20)16-25/h3-16H,1-2H3,(H,28,30)/b23-15+. The molecule has 0 atom stereocenters. The number of hydrogen-bond acceptors (Lipinski definition) is 2. The van der Waals surface area contributed by atoms with Crippen molar-refractivity contribution < 1.29 is 4.79 Å². The number of aryl methyl sites for hydroxylation is 1. The first-order chi connectivity index (χ1) is 14.6. The van der Waals surface area contributed by atoms with E-state index in [1.165, 1.54) is 10.8 Å². The Bertz CT molecular complexity index is 1310. The topological polar surface area (TPSA) is 57.8 Å². The summed E-state index contributed by atoms with van der Waals surface area (Å²) in [6, 6.07) is 27.7. The van der Waals surface area contributed by atoms with E-state index in [-0.39, 0.29) is 5.57 Å². The SMILES string of the molecule is Cc1cc(/C=C(\C#N)C(=O)Nc2ccccc2)c(C)n1-c1ccc2ccccc2c1. The van der Waals surface area contributed by atoms with Crippen molar-refractivity contribution in [2.45, 2.75) is 13.8 Å². The smallest absolute Gasteiger partial charge is 0.266 e. The number of nitrogens with zero attached hydrogens (tertiary/aromatic N) is 2. The van der Waals surface area contributed by atoms with Crippen LogP contribution in [0.25, 0.3) is 22.5 Å². The third-order valence-electron chi connectivity index (χ3n) is 5.16. The van der Waals surface area contributed by atoms with E-state index in [9.17, 15) is 10.1 Å². The molecule has 0 radical (unpaired) electrons. The van der Waals surface area contributed by atoms with Gasteiger partial charge in [-0.05, 0) is 66.6 Å². The van der Waals surface area contributed by atoms with Gasteiger partial charge >= 0.3 is 0 Å². The highest BCUT2D eigenvalue weighted by Crippen LogP contribution is 2.25. The molecule has 0 saturated heterocycles. The zero-order valence-electron chi connectivity index (χ0n) is 16.9. The van der Waals surface area contributed by atoms with Crippen LogP contribution < -0.4 is 5.32 Å². The van der Waals surface area contributed by atoms with Gasteiger partial charge in [-0.15, -0.1) is 0 Å². The number of nitrogens with one attached hydrogen (secondary N) is 1. The van der Waals surface area contributed by atoms with Crippen LogP contribution in [0, 0.1) is 25.2 Å². The predicted octanol–water partition coefficient (Wildman–Crippen LogP) is 5.79. The van der Waals surface area contributed by atoms with Crippen LogP contribution in [-0.4, -0.2) is 10.5 Å². The summed E-state index contributed by atoms with van der Waals surface area (Å²) in [6.07, 6.45) is 1.65. The number of hydrogen-bond donors (Lipinski definition) is 1. The number of para-hydroxylation sites is 1. The second-order valence-electron chi connectivity index (χ2n) is 7.18. The zero-order valence-corrected chi connectivity index (χ0v) is 16.9. The molecule has 0 saturated carbocycles. The van der Waals surface area contributed by atoms with Crippen LogP contribution in [0.4, 0.5) is 5.69 Å². The lowest BCUT2D eigenvalue weighted by molar-refractivity contribution is -0.112. The van der Waals surface area contributed by atoms with Crippen molar-refractivity contribution in [3.63, 3.8) is 0 Å². The normalized spacial score (nSPS) is 11.3. The van der Waals surface area contributed by atoms with Crippen LogP contribution in [0.5, 0.6) is 0 Å². The predicted molar refractivity (Wildman–Crippen MR) is 121 cm³/mol. The molecule has 1 N–H and O–H groups in total. The number of amides is 1. The number of rotatable bonds is 4. The second kappa shape index (κ2) is 8.10. The Kier molecular flexibility index (Phi) is 5.19. The summed E-state index contributed by atoms with van der Waals surface area (Å²) in [5.74, 6) is -0.417. The fraction of sp³-hybridized carbons (Fsp3) is 0.0769. The van der Waals surface area contributed by atoms with Crippen LogP contribution in [0.1, 0.15) is 17.0 Å². The maximum absolute atomic E-state index is 12.6. The minimum atomic E-state index is -0.417. The first-order valence-electron chi connectivity index (χ1n) is 9.73. The average Bonchev–Trinajstić information content (AvgIpc) is 3.05. The van der Waals surface area contributed by atoms with Gasteiger partial charge in [0.1, 0.15) is 11.6 Å². The van der Waals surface area contributed by atoms with Gasteiger partial charge in [-0.2, -0.15) is 5.26 Å². The molecule has 1 amide bonds. The van der Waals surface area contributed by atoms with Crippen LogP contribution in [-0.2, 0) is 4.79 Å². The monoisotopic (exact) mass is 391 g/mol. The van der Waals surface area contributed by atoms with E-state index < -0.39 is 5.91 Å². The highest BCUT2D eigenvalue weighted by Gasteiger charge is 2.14. The average molecular weight is 391 g/mol. The molecule has 1 heterocycles. The van der Waals surface area contributed by atoms with Crippen LogP contribution in [0.2, 0.25) is 0 Å². The molecule has 0 aliphatic rings. The molecular weight excluding hydrogens is 370 g/mol. The third kappa shape index (κ3) is 3.74. The van der Waals surface area contributed by atoms with Crippen molar-refractivity contribution in [3.05, 3.63) is 101 Å². The second-order valence-corrected chi connectivity index (χ2v) is 7.18. The van der Waals surface area contributed by atoms with Crippen LogP contribution >= 0.6 is 0 Å². The molecule has 0 aliphatic heterocycles. The van der Waals surface area contributed by atoms with Crippen LogP contribution in [0.3, 0.4) is 0 Å². The first kappa shape index (κ1) is 19.2. The van der Waals surface area contributed by atoms with Crippen molar-refractivity contribution in [1.82, 2.24) is 4.57 Å². The lowest BCUT2D eigenvalue weighted by Crippen LogP contribution is -2.13. The molecule has 4 heteroatoms. The molecule has 4 nitrogen and oxygen atoms in total. The van der Waals surface area contributed by atoms with E-state index in [0.717, 1.165) is 22.6 Å². The highest BCUT2D eigenvalue weighted by molar-refractivity contribution is 6.09. The fourth-order valence-electron chi connectivity index (χ4n) is 3.67. The Morgan fingerprint density at radius 2 is 1.63 bits per heavy atom. The zero-order chi connectivity index (χ0) is 21.1. The summed E-state index contributed by atoms with van der Waals surface area (Å²) in [4.78, 5) is 12.6. The van der Waals surface area contributed by atoms with Crippen molar-refractivity contribution >= 4 is 28.4 Å². The van der Waals surface area contributed by atoms with Gasteiger partial charge in [-0.3, -0.25) is 4.79 Å². The number of carbonyl (C=O) groups is 1. The van der Waals surface area contributed by atoms with Gasteiger partial charge in [0.25, 0.3) is 5.91 Å². The third-order valence-corrected chi connectivity index (χ3v) is 5.16. The van der Waals surface area contributed by atoms with Gasteiger partial charge < -0.3 is 9.88 Å². The van der Waals surface area contributed by atoms with E-state index in [1.807, 2.05) is 56.3 Å². The van der Waals surface area contributed by atoms with Crippen LogP contribution in [0.15, 0.2) is 84.4 Å². The van der Waals surface area contributed by atoms with E-state index in [1.54, 1.807) is 18.2 Å². The fourth-order valence-corrected chi connectivity index (χ4v) is 3.67. The van der Waals surface area contributed by atoms with Gasteiger partial charge in [-0.1, -0.05) is 48.5 Å². The lowest BCUT2D eigenvalue weighted by atomic mass is 10.1. The van der Waals surface area contributed by atoms with Crippen molar-refractivity contribution in [2.75, 3.05) is 5.32 Å². The maximum atomic E-state index is 12.6. The highest BCUT2D eigenvalue weighted by atomic mass is 16.1. The summed E-state index contributed by atoms with van der Waals surface area (Å²) in [6.45, 7) is 4.02. The molecule has 30 heavy (non-hydrogen) atoms. The van der Waals surface area contributed by atoms with E-state index >= 15 is 0 Å². The van der Waals surface area contributed by atoms with Gasteiger partial charge in [0.05, 0.1) is 0 Å². The number of benzene rings is 3. The number of nitriles is 1. The molecule has 0 unspecified atom stereocenters. The molecule has 3 aromatic carbocycles. The Morgan fingerprint density at radius 3 is 2.37 bits per heavy atom. The lowest BCUT2D eigenvalue weighted by Gasteiger charge is -2.11. The van der Waals surface area contributed by atoms with E-state index in [0.29, 0.717) is 5.69 Å². The summed E-state index contributed by atoms with van der Waals surface area (Å²) in [5.41, 5.74) is 4.64. The quantitative estimate of drug-likeness (QED) is 0.353. The molecule has 0 fully saturated rings. The molecule has 4 rings (SSSR count). The number of carbonyl (C=O) groups excluding carboxylic acids is 1. The van der Waals surface area contributed by atoms with E-state index in [2.05, 4.69) is 40.2 Å².